The van der Waals surface area contributed by atoms with Gasteiger partial charge in [-0.2, -0.15) is 4.98 Å². The summed E-state index contributed by atoms with van der Waals surface area (Å²) in [7, 11) is 1.74. The third-order valence-electron chi connectivity index (χ3n) is 3.10. The minimum atomic E-state index is -0.449. The number of carbonyl (C=O) groups is 2. The van der Waals surface area contributed by atoms with E-state index in [1.165, 1.54) is 11.3 Å². The number of anilines is 2. The Hall–Kier alpha value is -2.22. The Kier molecular flexibility index (Phi) is 3.23. The third kappa shape index (κ3) is 2.29. The van der Waals surface area contributed by atoms with E-state index in [9.17, 15) is 9.59 Å². The number of thiophene rings is 1. The van der Waals surface area contributed by atoms with E-state index in [1.807, 2.05) is 11.4 Å². The average Bonchev–Trinajstić information content (AvgIpc) is 2.90. The van der Waals surface area contributed by atoms with Crippen LogP contribution in [0.4, 0.5) is 11.8 Å². The molecule has 1 aliphatic heterocycles. The summed E-state index contributed by atoms with van der Waals surface area (Å²) >= 11 is 1.51. The van der Waals surface area contributed by atoms with Crippen LogP contribution in [0.5, 0.6) is 0 Å². The van der Waals surface area contributed by atoms with Crippen molar-refractivity contribution >= 4 is 45.1 Å². The third-order valence-corrected chi connectivity index (χ3v) is 3.91. The van der Waals surface area contributed by atoms with Crippen LogP contribution in [0.15, 0.2) is 11.4 Å². The van der Waals surface area contributed by atoms with Crippen LogP contribution in [0, 0.1) is 0 Å². The number of hydrogen-bond donors (Lipinski definition) is 3. The molecule has 20 heavy (non-hydrogen) atoms. The lowest BCUT2D eigenvalue weighted by atomic mass is 10.1. The molecule has 7 nitrogen and oxygen atoms in total. The number of piperidine rings is 1. The topological polar surface area (TPSA) is 96.0 Å². The molecule has 1 unspecified atom stereocenters. The summed E-state index contributed by atoms with van der Waals surface area (Å²) < 4.78 is 0. The van der Waals surface area contributed by atoms with E-state index < -0.39 is 6.04 Å². The summed E-state index contributed by atoms with van der Waals surface area (Å²) in [6.45, 7) is 0. The van der Waals surface area contributed by atoms with E-state index in [1.54, 1.807) is 7.05 Å². The fourth-order valence-electron chi connectivity index (χ4n) is 2.07. The number of fused-ring (bicyclic) bond motifs is 1. The number of hydrogen-bond acceptors (Lipinski definition) is 7. The Balaban J connectivity index is 1.91. The molecule has 3 heterocycles. The second-order valence-electron chi connectivity index (χ2n) is 4.43. The van der Waals surface area contributed by atoms with Gasteiger partial charge >= 0.3 is 0 Å². The molecule has 3 rings (SSSR count). The van der Waals surface area contributed by atoms with E-state index in [2.05, 4.69) is 25.9 Å². The maximum Gasteiger partial charge on any atom is 0.249 e. The summed E-state index contributed by atoms with van der Waals surface area (Å²) in [4.78, 5) is 32.5. The first-order chi connectivity index (χ1) is 9.67. The number of rotatable bonds is 3. The van der Waals surface area contributed by atoms with Gasteiger partial charge in [0.1, 0.15) is 16.7 Å². The zero-order chi connectivity index (χ0) is 14.1. The smallest absolute Gasteiger partial charge is 0.249 e. The second-order valence-corrected chi connectivity index (χ2v) is 5.33. The highest BCUT2D eigenvalue weighted by atomic mass is 32.1. The summed E-state index contributed by atoms with van der Waals surface area (Å²) in [5.74, 6) is 0.562. The SMILES string of the molecule is CNc1nc(NC2CCC(=O)NC2=O)c2ccsc2n1. The first-order valence-corrected chi connectivity index (χ1v) is 7.08. The fraction of sp³-hybridized carbons (Fsp3) is 0.333. The molecule has 1 atom stereocenters. The van der Waals surface area contributed by atoms with Gasteiger partial charge in [0.25, 0.3) is 0 Å². The van der Waals surface area contributed by atoms with Crippen molar-refractivity contribution in [2.24, 2.45) is 0 Å². The van der Waals surface area contributed by atoms with Gasteiger partial charge in [-0.15, -0.1) is 11.3 Å². The highest BCUT2D eigenvalue weighted by Gasteiger charge is 2.27. The molecule has 0 spiro atoms. The number of carbonyl (C=O) groups excluding carboxylic acids is 2. The molecule has 2 amide bonds. The van der Waals surface area contributed by atoms with Crippen molar-refractivity contribution in [2.45, 2.75) is 18.9 Å². The van der Waals surface area contributed by atoms with Gasteiger partial charge in [0.15, 0.2) is 0 Å². The summed E-state index contributed by atoms with van der Waals surface area (Å²) in [5, 5.41) is 11.1. The highest BCUT2D eigenvalue weighted by molar-refractivity contribution is 7.16. The Morgan fingerprint density at radius 1 is 1.40 bits per heavy atom. The normalized spacial score (nSPS) is 18.9. The lowest BCUT2D eigenvalue weighted by Gasteiger charge is -2.22. The van der Waals surface area contributed by atoms with Crippen LogP contribution < -0.4 is 16.0 Å². The fourth-order valence-corrected chi connectivity index (χ4v) is 2.84. The van der Waals surface area contributed by atoms with E-state index >= 15 is 0 Å². The predicted molar refractivity (Wildman–Crippen MR) is 76.8 cm³/mol. The average molecular weight is 291 g/mol. The summed E-state index contributed by atoms with van der Waals surface area (Å²) in [6.07, 6.45) is 0.801. The minimum Gasteiger partial charge on any atom is -0.358 e. The van der Waals surface area contributed by atoms with Crippen LogP contribution in [-0.4, -0.2) is 34.9 Å². The first kappa shape index (κ1) is 12.8. The first-order valence-electron chi connectivity index (χ1n) is 6.20. The number of nitrogens with zero attached hydrogens (tertiary/aromatic N) is 2. The van der Waals surface area contributed by atoms with E-state index in [4.69, 9.17) is 0 Å². The van der Waals surface area contributed by atoms with Gasteiger partial charge in [-0.05, 0) is 17.9 Å². The Bertz CT molecular complexity index is 684. The number of amides is 2. The minimum absolute atomic E-state index is 0.229. The van der Waals surface area contributed by atoms with Crippen molar-refractivity contribution in [3.63, 3.8) is 0 Å². The van der Waals surface area contributed by atoms with Crippen LogP contribution in [0.25, 0.3) is 10.2 Å². The van der Waals surface area contributed by atoms with Crippen LogP contribution >= 0.6 is 11.3 Å². The number of aromatic nitrogens is 2. The molecule has 3 N–H and O–H groups in total. The van der Waals surface area contributed by atoms with Crippen molar-refractivity contribution in [3.05, 3.63) is 11.4 Å². The monoisotopic (exact) mass is 291 g/mol. The largest absolute Gasteiger partial charge is 0.358 e. The molecule has 104 valence electrons. The van der Waals surface area contributed by atoms with Crippen molar-refractivity contribution in [1.82, 2.24) is 15.3 Å². The zero-order valence-corrected chi connectivity index (χ0v) is 11.6. The molecule has 0 radical (unpaired) electrons. The van der Waals surface area contributed by atoms with Gasteiger partial charge < -0.3 is 10.6 Å². The molecule has 8 heteroatoms. The Morgan fingerprint density at radius 3 is 3.00 bits per heavy atom. The molecule has 0 saturated carbocycles. The van der Waals surface area contributed by atoms with Crippen LogP contribution in [-0.2, 0) is 9.59 Å². The maximum absolute atomic E-state index is 11.8. The molecule has 1 aliphatic rings. The molecular weight excluding hydrogens is 278 g/mol. The van der Waals surface area contributed by atoms with Gasteiger partial charge in [-0.1, -0.05) is 0 Å². The molecule has 0 aliphatic carbocycles. The molecular formula is C12H13N5O2S. The Morgan fingerprint density at radius 2 is 2.25 bits per heavy atom. The molecule has 2 aromatic rings. The number of imide groups is 1. The summed E-state index contributed by atoms with van der Waals surface area (Å²) in [5.41, 5.74) is 0. The highest BCUT2D eigenvalue weighted by Crippen LogP contribution is 2.27. The molecule has 2 aromatic heterocycles. The van der Waals surface area contributed by atoms with E-state index in [-0.39, 0.29) is 11.8 Å². The molecule has 0 bridgehead atoms. The Labute approximate surface area is 118 Å². The lowest BCUT2D eigenvalue weighted by Crippen LogP contribution is -2.47. The van der Waals surface area contributed by atoms with Gasteiger partial charge in [-0.3, -0.25) is 14.9 Å². The van der Waals surface area contributed by atoms with Crippen LogP contribution in [0.3, 0.4) is 0 Å². The second kappa shape index (κ2) is 5.04. The van der Waals surface area contributed by atoms with Crippen LogP contribution in [0.1, 0.15) is 12.8 Å². The lowest BCUT2D eigenvalue weighted by molar-refractivity contribution is -0.133. The van der Waals surface area contributed by atoms with Crippen molar-refractivity contribution in [3.8, 4) is 0 Å². The van der Waals surface area contributed by atoms with Crippen LogP contribution in [0.2, 0.25) is 0 Å². The van der Waals surface area contributed by atoms with E-state index in [0.717, 1.165) is 10.2 Å². The molecule has 0 aromatic carbocycles. The van der Waals surface area contributed by atoms with E-state index in [0.29, 0.717) is 24.6 Å². The molecule has 1 fully saturated rings. The van der Waals surface area contributed by atoms with Crippen molar-refractivity contribution in [1.29, 1.82) is 0 Å². The summed E-state index contributed by atoms with van der Waals surface area (Å²) in [6, 6.07) is 1.46. The van der Waals surface area contributed by atoms with Crippen molar-refractivity contribution in [2.75, 3.05) is 17.7 Å². The number of nitrogens with one attached hydrogen (secondary N) is 3. The molecule has 1 saturated heterocycles. The zero-order valence-electron chi connectivity index (χ0n) is 10.8. The predicted octanol–water partition coefficient (Wildman–Crippen LogP) is 0.950. The van der Waals surface area contributed by atoms with Gasteiger partial charge in [0.2, 0.25) is 17.8 Å². The van der Waals surface area contributed by atoms with Gasteiger partial charge in [-0.25, -0.2) is 4.98 Å². The standard InChI is InChI=1S/C12H13N5O2S/c1-13-12-16-9(6-4-5-20-11(6)17-12)14-7-2-3-8(18)15-10(7)19/h4-5,7H,2-3H2,1H3,(H,15,18,19)(H2,13,14,16,17). The van der Waals surface area contributed by atoms with Gasteiger partial charge in [0.05, 0.1) is 5.39 Å². The van der Waals surface area contributed by atoms with Gasteiger partial charge in [0, 0.05) is 13.5 Å². The quantitative estimate of drug-likeness (QED) is 0.729. The van der Waals surface area contributed by atoms with Crippen molar-refractivity contribution < 1.29 is 9.59 Å². The maximum atomic E-state index is 11.8.